The second-order valence-corrected chi connectivity index (χ2v) is 13.6. The second kappa shape index (κ2) is 13.8. The third kappa shape index (κ3) is 5.81. The van der Waals surface area contributed by atoms with E-state index in [9.17, 15) is 5.26 Å². The summed E-state index contributed by atoms with van der Waals surface area (Å²) in [6.07, 6.45) is 0. The van der Waals surface area contributed by atoms with Gasteiger partial charge in [-0.25, -0.2) is 24.9 Å². The highest BCUT2D eigenvalue weighted by Crippen LogP contribution is 2.41. The van der Waals surface area contributed by atoms with Crippen LogP contribution < -0.4 is 0 Å². The van der Waals surface area contributed by atoms with Gasteiger partial charge in [0, 0.05) is 49.5 Å². The van der Waals surface area contributed by atoms with Crippen LogP contribution in [0, 0.1) is 11.3 Å². The molecule has 0 N–H and O–H groups in total. The number of hydrogen-bond acceptors (Lipinski definition) is 6. The van der Waals surface area contributed by atoms with Crippen LogP contribution in [0.1, 0.15) is 5.56 Å². The maximum absolute atomic E-state index is 10.7. The molecule has 7 aromatic carbocycles. The molecule has 10 rings (SSSR count). The van der Waals surface area contributed by atoms with E-state index in [-0.39, 0.29) is 0 Å². The summed E-state index contributed by atoms with van der Waals surface area (Å²) in [7, 11) is 0. The summed E-state index contributed by atoms with van der Waals surface area (Å²) in [5, 5.41) is 13.4. The van der Waals surface area contributed by atoms with Crippen LogP contribution in [0.3, 0.4) is 0 Å². The molecule has 6 heteroatoms. The van der Waals surface area contributed by atoms with Gasteiger partial charge in [-0.05, 0) is 24.3 Å². The monoisotopic (exact) mass is 714 g/mol. The lowest BCUT2D eigenvalue weighted by Gasteiger charge is -2.16. The van der Waals surface area contributed by atoms with Gasteiger partial charge in [0.1, 0.15) is 11.6 Å². The molecule has 0 amide bonds. The molecule has 0 spiro atoms. The van der Waals surface area contributed by atoms with Gasteiger partial charge in [0.05, 0.1) is 45.1 Å². The predicted octanol–water partition coefficient (Wildman–Crippen LogP) is 12.0. The van der Waals surface area contributed by atoms with Crippen molar-refractivity contribution in [3.8, 4) is 73.7 Å². The first kappa shape index (κ1) is 32.7. The van der Waals surface area contributed by atoms with E-state index in [4.69, 9.17) is 24.9 Å². The molecule has 0 bridgehead atoms. The topological polar surface area (TPSA) is 88.2 Å². The summed E-state index contributed by atoms with van der Waals surface area (Å²) >= 11 is 0. The van der Waals surface area contributed by atoms with E-state index in [1.165, 1.54) is 0 Å². The smallest absolute Gasteiger partial charge is 0.160 e. The van der Waals surface area contributed by atoms with Gasteiger partial charge < -0.3 is 0 Å². The highest BCUT2D eigenvalue weighted by molar-refractivity contribution is 6.22. The number of hydrogen-bond donors (Lipinski definition) is 0. The van der Waals surface area contributed by atoms with Crippen molar-refractivity contribution in [2.24, 2.45) is 0 Å². The van der Waals surface area contributed by atoms with Gasteiger partial charge in [-0.1, -0.05) is 158 Å². The summed E-state index contributed by atoms with van der Waals surface area (Å²) in [5.74, 6) is 0.648. The first-order chi connectivity index (χ1) is 27.7. The molecule has 0 radical (unpaired) electrons. The SMILES string of the molecule is N#Cc1cc2c(-c3cccc(-c4cc(-c5ccccc5)nc(-c5ccccc5)n4)c3)nc3ccccc3c2c2nc(-c3ccccc3)c(-c3ccccc3)nc12. The summed E-state index contributed by atoms with van der Waals surface area (Å²) in [5.41, 5.74) is 11.9. The van der Waals surface area contributed by atoms with Crippen LogP contribution in [0.15, 0.2) is 182 Å². The average Bonchev–Trinajstić information content (AvgIpc) is 3.29. The largest absolute Gasteiger partial charge is 0.247 e. The van der Waals surface area contributed by atoms with Crippen LogP contribution in [0.2, 0.25) is 0 Å². The first-order valence-corrected chi connectivity index (χ1v) is 18.4. The summed E-state index contributed by atoms with van der Waals surface area (Å²) in [4.78, 5) is 26.0. The zero-order chi connectivity index (χ0) is 37.4. The minimum atomic E-state index is 0.432. The van der Waals surface area contributed by atoms with Crippen molar-refractivity contribution in [2.45, 2.75) is 0 Å². The number of rotatable bonds is 6. The third-order valence-electron chi connectivity index (χ3n) is 10.1. The van der Waals surface area contributed by atoms with Gasteiger partial charge in [-0.3, -0.25) is 0 Å². The molecule has 6 nitrogen and oxygen atoms in total. The standard InChI is InChI=1S/C50H30N6/c51-31-38-29-40-44(49-48(38)55-46(33-18-7-2-8-19-33)47(56-49)34-20-9-3-10-21-34)39-26-13-14-27-41(39)52-45(40)37-25-15-24-36(28-37)43-30-42(32-16-5-1-6-17-32)53-50(54-43)35-22-11-4-12-23-35/h1-30H. The normalized spacial score (nSPS) is 11.2. The fraction of sp³-hybridized carbons (Fsp3) is 0. The molecule has 0 saturated carbocycles. The average molecular weight is 715 g/mol. The van der Waals surface area contributed by atoms with E-state index >= 15 is 0 Å². The van der Waals surface area contributed by atoms with Crippen LogP contribution in [0.5, 0.6) is 0 Å². The molecule has 3 aromatic heterocycles. The van der Waals surface area contributed by atoms with Crippen LogP contribution in [-0.2, 0) is 0 Å². The van der Waals surface area contributed by atoms with Gasteiger partial charge in [0.25, 0.3) is 0 Å². The van der Waals surface area contributed by atoms with Crippen LogP contribution in [-0.4, -0.2) is 24.9 Å². The van der Waals surface area contributed by atoms with Crippen molar-refractivity contribution in [1.82, 2.24) is 24.9 Å². The molecule has 0 saturated heterocycles. The number of fused-ring (bicyclic) bond motifs is 5. The molecule has 0 atom stereocenters. The zero-order valence-electron chi connectivity index (χ0n) is 30.0. The summed E-state index contributed by atoms with van der Waals surface area (Å²) in [6, 6.07) is 63.2. The number of benzene rings is 7. The molecule has 0 aliphatic carbocycles. The minimum absolute atomic E-state index is 0.432. The minimum Gasteiger partial charge on any atom is -0.247 e. The first-order valence-electron chi connectivity index (χ1n) is 18.4. The van der Waals surface area contributed by atoms with Crippen LogP contribution >= 0.6 is 0 Å². The van der Waals surface area contributed by atoms with Crippen molar-refractivity contribution in [3.05, 3.63) is 188 Å². The second-order valence-electron chi connectivity index (χ2n) is 13.6. The van der Waals surface area contributed by atoms with Crippen molar-refractivity contribution in [3.63, 3.8) is 0 Å². The van der Waals surface area contributed by atoms with E-state index in [0.29, 0.717) is 22.4 Å². The van der Waals surface area contributed by atoms with Crippen molar-refractivity contribution in [1.29, 1.82) is 5.26 Å². The van der Waals surface area contributed by atoms with Crippen molar-refractivity contribution >= 4 is 32.7 Å². The molecule has 260 valence electrons. The number of aromatic nitrogens is 5. The Morgan fingerprint density at radius 3 is 1.52 bits per heavy atom. The molecular formula is C50H30N6. The zero-order valence-corrected chi connectivity index (χ0v) is 30.0. The predicted molar refractivity (Wildman–Crippen MR) is 225 cm³/mol. The molecule has 10 aromatic rings. The van der Waals surface area contributed by atoms with Crippen molar-refractivity contribution < 1.29 is 0 Å². The Hall–Kier alpha value is -7.88. The number of nitriles is 1. The number of para-hydroxylation sites is 1. The Labute approximate surface area is 323 Å². The lowest BCUT2D eigenvalue weighted by molar-refractivity contribution is 1.18. The fourth-order valence-corrected chi connectivity index (χ4v) is 7.43. The Morgan fingerprint density at radius 1 is 0.357 bits per heavy atom. The maximum Gasteiger partial charge on any atom is 0.160 e. The van der Waals surface area contributed by atoms with E-state index in [1.807, 2.05) is 133 Å². The quantitative estimate of drug-likeness (QED) is 0.159. The van der Waals surface area contributed by atoms with E-state index in [0.717, 1.165) is 83.5 Å². The molecule has 0 aliphatic rings. The Bertz CT molecular complexity index is 3070. The molecule has 3 heterocycles. The maximum atomic E-state index is 10.7. The lowest BCUT2D eigenvalue weighted by atomic mass is 9.94. The highest BCUT2D eigenvalue weighted by atomic mass is 14.9. The molecular weight excluding hydrogens is 685 g/mol. The van der Waals surface area contributed by atoms with E-state index in [2.05, 4.69) is 54.6 Å². The molecule has 56 heavy (non-hydrogen) atoms. The van der Waals surface area contributed by atoms with E-state index in [1.54, 1.807) is 0 Å². The molecule has 0 unspecified atom stereocenters. The third-order valence-corrected chi connectivity index (χ3v) is 10.1. The summed E-state index contributed by atoms with van der Waals surface area (Å²) in [6.45, 7) is 0. The van der Waals surface area contributed by atoms with E-state index < -0.39 is 0 Å². The fourth-order valence-electron chi connectivity index (χ4n) is 7.43. The lowest BCUT2D eigenvalue weighted by Crippen LogP contribution is -2.00. The van der Waals surface area contributed by atoms with Gasteiger partial charge in [0.2, 0.25) is 0 Å². The molecule has 0 aliphatic heterocycles. The molecule has 0 fully saturated rings. The van der Waals surface area contributed by atoms with Gasteiger partial charge >= 0.3 is 0 Å². The Morgan fingerprint density at radius 2 is 0.875 bits per heavy atom. The van der Waals surface area contributed by atoms with Crippen LogP contribution in [0.25, 0.3) is 100 Å². The van der Waals surface area contributed by atoms with Crippen LogP contribution in [0.4, 0.5) is 0 Å². The van der Waals surface area contributed by atoms with Gasteiger partial charge in [-0.15, -0.1) is 0 Å². The Balaban J connectivity index is 1.23. The number of nitrogens with zero attached hydrogens (tertiary/aromatic N) is 6. The van der Waals surface area contributed by atoms with Crippen molar-refractivity contribution in [2.75, 3.05) is 0 Å². The number of pyridine rings is 1. The van der Waals surface area contributed by atoms with Gasteiger partial charge in [-0.2, -0.15) is 5.26 Å². The Kier molecular flexibility index (Phi) is 8.09. The highest BCUT2D eigenvalue weighted by Gasteiger charge is 2.22. The van der Waals surface area contributed by atoms with Gasteiger partial charge in [0.15, 0.2) is 5.82 Å². The summed E-state index contributed by atoms with van der Waals surface area (Å²) < 4.78 is 0.